The van der Waals surface area contributed by atoms with E-state index in [0.29, 0.717) is 85.8 Å². The molecule has 6 aromatic rings. The van der Waals surface area contributed by atoms with Gasteiger partial charge in [-0.05, 0) is 109 Å². The molecule has 0 spiro atoms. The molecule has 3 fully saturated rings. The van der Waals surface area contributed by atoms with Crippen molar-refractivity contribution < 1.29 is 42.6 Å². The molecule has 4 aromatic carbocycles. The van der Waals surface area contributed by atoms with E-state index in [-0.39, 0.29) is 68.4 Å². The van der Waals surface area contributed by atoms with E-state index in [1.165, 1.54) is 17.0 Å². The van der Waals surface area contributed by atoms with E-state index in [0.717, 1.165) is 51.9 Å². The van der Waals surface area contributed by atoms with Crippen molar-refractivity contribution in [2.75, 3.05) is 61.5 Å². The number of rotatable bonds is 18. The van der Waals surface area contributed by atoms with Crippen LogP contribution in [0, 0.1) is 24.0 Å². The molecule has 20 heteroatoms. The normalized spacial score (nSPS) is 17.5. The molecule has 0 saturated carbocycles. The van der Waals surface area contributed by atoms with Gasteiger partial charge in [-0.15, -0.1) is 11.3 Å². The summed E-state index contributed by atoms with van der Waals surface area (Å²) in [6.07, 6.45) is 2.30. The third-order valence-electron chi connectivity index (χ3n) is 14.8. The largest absolute Gasteiger partial charge is 0.391 e. The molecule has 3 saturated heterocycles. The fourth-order valence-corrected chi connectivity index (χ4v) is 11.3. The maximum atomic E-state index is 14.2. The second kappa shape index (κ2) is 24.6. The number of aliphatic hydroxyl groups excluding tert-OH is 1. The van der Waals surface area contributed by atoms with Crippen molar-refractivity contribution >= 4 is 69.0 Å². The highest BCUT2D eigenvalue weighted by Gasteiger charge is 2.44. The number of nitrogens with one attached hydrogen (secondary N) is 5. The lowest BCUT2D eigenvalue weighted by Gasteiger charge is -2.36. The summed E-state index contributed by atoms with van der Waals surface area (Å²) in [7, 11) is 0. The topological polar surface area (TPSA) is 214 Å². The van der Waals surface area contributed by atoms with E-state index in [1.54, 1.807) is 17.4 Å². The van der Waals surface area contributed by atoms with Gasteiger partial charge in [-0.3, -0.25) is 29.1 Å². The Morgan fingerprint density at radius 2 is 1.59 bits per heavy atom. The number of halogens is 2. The number of fused-ring (bicyclic) bond motifs is 1. The molecule has 412 valence electrons. The molecule has 78 heavy (non-hydrogen) atoms. The van der Waals surface area contributed by atoms with Crippen molar-refractivity contribution in [1.82, 2.24) is 35.6 Å². The van der Waals surface area contributed by atoms with Crippen LogP contribution in [0.5, 0.6) is 0 Å². The number of aliphatic hydroxyl groups is 1. The second-order valence-corrected chi connectivity index (χ2v) is 22.5. The molecule has 3 atom stereocenters. The Morgan fingerprint density at radius 1 is 0.872 bits per heavy atom. The van der Waals surface area contributed by atoms with Crippen molar-refractivity contribution in [2.24, 2.45) is 5.41 Å². The Bertz CT molecular complexity index is 3110. The van der Waals surface area contributed by atoms with Gasteiger partial charge in [0.15, 0.2) is 5.82 Å². The Hall–Kier alpha value is -7.29. The number of likely N-dealkylation sites (tertiary alicyclic amines) is 1. The minimum absolute atomic E-state index is 0.00694. The molecule has 0 radical (unpaired) electrons. The van der Waals surface area contributed by atoms with Crippen molar-refractivity contribution in [3.63, 3.8) is 0 Å². The van der Waals surface area contributed by atoms with E-state index in [2.05, 4.69) is 41.3 Å². The number of aromatic amines is 1. The van der Waals surface area contributed by atoms with Crippen LogP contribution in [0.3, 0.4) is 0 Å². The first-order valence-electron chi connectivity index (χ1n) is 26.7. The first-order valence-corrected chi connectivity index (χ1v) is 27.6. The van der Waals surface area contributed by atoms with Gasteiger partial charge in [0.25, 0.3) is 5.91 Å². The molecule has 9 rings (SSSR count). The van der Waals surface area contributed by atoms with E-state index < -0.39 is 41.1 Å². The molecule has 0 aliphatic carbocycles. The number of hydrogen-bond acceptors (Lipinski definition) is 12. The lowest BCUT2D eigenvalue weighted by atomic mass is 9.85. The van der Waals surface area contributed by atoms with E-state index in [9.17, 15) is 37.9 Å². The zero-order valence-electron chi connectivity index (χ0n) is 44.5. The number of benzene rings is 4. The maximum absolute atomic E-state index is 14.2. The van der Waals surface area contributed by atoms with Gasteiger partial charge in [0.05, 0.1) is 33.3 Å². The maximum Gasteiger partial charge on any atom is 0.258 e. The van der Waals surface area contributed by atoms with Gasteiger partial charge in [-0.2, -0.15) is 5.10 Å². The smallest absolute Gasteiger partial charge is 0.258 e. The third-order valence-corrected chi connectivity index (χ3v) is 15.7. The van der Waals surface area contributed by atoms with Crippen LogP contribution in [0.25, 0.3) is 21.3 Å². The first-order chi connectivity index (χ1) is 37.4. The zero-order valence-corrected chi connectivity index (χ0v) is 45.3. The van der Waals surface area contributed by atoms with Crippen LogP contribution in [-0.2, 0) is 36.9 Å². The fraction of sp³-hybridized carbons (Fsp3) is 0.431. The number of aromatic nitrogens is 3. The van der Waals surface area contributed by atoms with Crippen molar-refractivity contribution in [2.45, 2.75) is 110 Å². The summed E-state index contributed by atoms with van der Waals surface area (Å²) in [6, 6.07) is 20.7. The highest BCUT2D eigenvalue weighted by atomic mass is 32.1. The number of carbonyl (C=O) groups is 5. The van der Waals surface area contributed by atoms with Crippen LogP contribution in [0.1, 0.15) is 98.5 Å². The molecule has 1 unspecified atom stereocenters. The summed E-state index contributed by atoms with van der Waals surface area (Å²) in [6.45, 7) is 11.0. The summed E-state index contributed by atoms with van der Waals surface area (Å²) in [5.41, 5.74) is 7.91. The van der Waals surface area contributed by atoms with Gasteiger partial charge in [-0.1, -0.05) is 51.1 Å². The second-order valence-electron chi connectivity index (χ2n) is 21.6. The number of amides is 5. The number of β-amino-alcohol motifs (C(OH)–C–C–N with tert-alkyl or cyclic N) is 1. The monoisotopic (exact) mass is 1090 g/mol. The van der Waals surface area contributed by atoms with E-state index in [1.807, 2.05) is 92.7 Å². The number of ether oxygens (including phenoxy) is 1. The summed E-state index contributed by atoms with van der Waals surface area (Å²) in [4.78, 5) is 79.5. The predicted molar refractivity (Wildman–Crippen MR) is 296 cm³/mol. The molecule has 3 aliphatic heterocycles. The molecule has 17 nitrogen and oxygen atoms in total. The third kappa shape index (κ3) is 13.7. The quantitative estimate of drug-likeness (QED) is 0.0459. The molecule has 5 amide bonds. The van der Waals surface area contributed by atoms with Gasteiger partial charge in [0.2, 0.25) is 23.6 Å². The van der Waals surface area contributed by atoms with Gasteiger partial charge >= 0.3 is 0 Å². The Balaban J connectivity index is 0.750. The molecule has 2 aromatic heterocycles. The van der Waals surface area contributed by atoms with E-state index in [4.69, 9.17) is 4.74 Å². The highest BCUT2D eigenvalue weighted by molar-refractivity contribution is 7.13. The Morgan fingerprint density at radius 3 is 2.29 bits per heavy atom. The number of anilines is 3. The van der Waals surface area contributed by atoms with Gasteiger partial charge in [0.1, 0.15) is 23.7 Å². The van der Waals surface area contributed by atoms with Crippen LogP contribution in [0.4, 0.5) is 26.0 Å². The summed E-state index contributed by atoms with van der Waals surface area (Å²) >= 11 is 1.57. The summed E-state index contributed by atoms with van der Waals surface area (Å²) in [5, 5.41) is 31.1. The number of aryl methyl sites for hydroxylation is 1. The number of hydrogen-bond donors (Lipinski definition) is 6. The average molecular weight is 1090 g/mol. The average Bonchev–Trinajstić information content (AvgIpc) is 4.23. The highest BCUT2D eigenvalue weighted by Crippen LogP contribution is 2.32. The SMILES string of the molecule is Cc1ncsc1-c1ccc(CNC(=O)C2C[C@@H](O)CN2C(=O)[C@@H](NC(=O)CCCCC(=O)N2CCN(c3ccc(C(=O)Nc4n[nH]c5ccc(Cc6cc(F)cc(F)c6)cc45)c(NC4CCOCC4)c3)CC2)C(C)(C)C)cc1. The van der Waals surface area contributed by atoms with Crippen molar-refractivity contribution in [1.29, 1.82) is 0 Å². The lowest BCUT2D eigenvalue weighted by molar-refractivity contribution is -0.144. The van der Waals surface area contributed by atoms with Gasteiger partial charge in [0, 0.05) is 101 Å². The van der Waals surface area contributed by atoms with E-state index >= 15 is 0 Å². The standard InChI is InChI=1S/C58H68F2N10O7S/c1-35-52(78-34-62-35)39-12-9-36(10-13-39)32-61-56(75)49-31-44(71)33-70(49)57(76)53(58(2,3)4)64-50(72)7-5-6-8-51(73)69-21-19-68(20-22-69)43-14-15-45(48(30-43)63-42-17-23-77-24-18-42)55(74)65-54-46-28-37(11-16-47(46)66-67-54)25-38-26-40(59)29-41(60)27-38/h9-16,26-30,34,42,44,49,53,63,71H,5-8,17-25,31-33H2,1-4H3,(H,61,75)(H,64,72)(H2,65,66,67,74)/t44-,49?,53-/m1/s1. The predicted octanol–water partition coefficient (Wildman–Crippen LogP) is 7.73. The van der Waals surface area contributed by atoms with Crippen LogP contribution in [0.15, 0.2) is 84.4 Å². The minimum atomic E-state index is -0.957. The van der Waals surface area contributed by atoms with Crippen molar-refractivity contribution in [3.8, 4) is 10.4 Å². The van der Waals surface area contributed by atoms with Gasteiger partial charge < -0.3 is 45.8 Å². The molecule has 0 bridgehead atoms. The van der Waals surface area contributed by atoms with Crippen LogP contribution < -0.4 is 26.2 Å². The summed E-state index contributed by atoms with van der Waals surface area (Å²) in [5.74, 6) is -2.50. The number of carbonyl (C=O) groups excluding carboxylic acids is 5. The summed E-state index contributed by atoms with van der Waals surface area (Å²) < 4.78 is 33.5. The number of nitrogens with zero attached hydrogens (tertiary/aromatic N) is 5. The van der Waals surface area contributed by atoms with Gasteiger partial charge in [-0.25, -0.2) is 13.8 Å². The van der Waals surface area contributed by atoms with Crippen LogP contribution >= 0.6 is 11.3 Å². The molecule has 5 heterocycles. The number of piperazine rings is 1. The van der Waals surface area contributed by atoms with Crippen LogP contribution in [0.2, 0.25) is 0 Å². The van der Waals surface area contributed by atoms with Crippen LogP contribution in [-0.4, -0.2) is 130 Å². The fourth-order valence-electron chi connectivity index (χ4n) is 10.4. The Labute approximate surface area is 456 Å². The first kappa shape index (κ1) is 55.5. The zero-order chi connectivity index (χ0) is 55.1. The number of H-pyrrole nitrogens is 1. The minimum Gasteiger partial charge on any atom is -0.391 e. The molecule has 6 N–H and O–H groups in total. The number of thiazole rings is 1. The molecule has 3 aliphatic rings. The molecular weight excluding hydrogens is 1020 g/mol. The van der Waals surface area contributed by atoms with Crippen molar-refractivity contribution in [3.05, 3.63) is 124 Å². The molecular formula is C58H68F2N10O7S. The number of unbranched alkanes of at least 4 members (excludes halogenated alkanes) is 1. The Kier molecular flexibility index (Phi) is 17.5. The lowest BCUT2D eigenvalue weighted by Crippen LogP contribution is -2.57.